The molecule has 1 unspecified atom stereocenters. The van der Waals surface area contributed by atoms with Crippen LogP contribution < -0.4 is 20.1 Å². The summed E-state index contributed by atoms with van der Waals surface area (Å²) in [6, 6.07) is 17.6. The van der Waals surface area contributed by atoms with E-state index in [9.17, 15) is 9.59 Å². The van der Waals surface area contributed by atoms with Crippen LogP contribution in [-0.4, -0.2) is 41.3 Å². The van der Waals surface area contributed by atoms with Crippen molar-refractivity contribution in [3.8, 4) is 22.8 Å². The third-order valence-corrected chi connectivity index (χ3v) is 7.97. The number of nitrogens with zero attached hydrogens (tertiary/aromatic N) is 2. The van der Waals surface area contributed by atoms with Gasteiger partial charge in [0.05, 0.1) is 24.4 Å². The molecule has 1 aliphatic rings. The number of hydrogen-bond donors (Lipinski definition) is 2. The van der Waals surface area contributed by atoms with Crippen LogP contribution in [0.3, 0.4) is 0 Å². The van der Waals surface area contributed by atoms with Crippen LogP contribution in [0.15, 0.2) is 54.6 Å². The lowest BCUT2D eigenvalue weighted by Crippen LogP contribution is -2.40. The minimum atomic E-state index is -0.284. The summed E-state index contributed by atoms with van der Waals surface area (Å²) < 4.78 is 14.2. The van der Waals surface area contributed by atoms with Crippen LogP contribution in [0.5, 0.6) is 11.5 Å². The standard InChI is InChI=1S/C35H48N4O4/c1-5-6-20-36-33(40)22-27(21-25(2)3)37-35(41)29-23-30(39(38-29)28-16-11-8-12-17-28)34-31(42-4)18-13-19-32(34)43-24-26-14-9-7-10-15-26/h7,9-10,13-15,18-19,23,25,27-28H,5-6,8,11-12,16-17,20-22,24H2,1-4H3,(H,36,40)(H,37,41). The van der Waals surface area contributed by atoms with E-state index in [0.717, 1.165) is 55.3 Å². The third kappa shape index (κ3) is 9.09. The third-order valence-electron chi connectivity index (χ3n) is 7.97. The topological polar surface area (TPSA) is 94.5 Å². The molecule has 8 nitrogen and oxygen atoms in total. The van der Waals surface area contributed by atoms with Crippen molar-refractivity contribution in [3.05, 3.63) is 65.9 Å². The highest BCUT2D eigenvalue weighted by atomic mass is 16.5. The maximum atomic E-state index is 13.7. The molecule has 0 aliphatic heterocycles. The van der Waals surface area contributed by atoms with Crippen molar-refractivity contribution in [2.45, 2.75) is 97.2 Å². The predicted molar refractivity (Wildman–Crippen MR) is 170 cm³/mol. The van der Waals surface area contributed by atoms with Gasteiger partial charge in [-0.05, 0) is 55.4 Å². The number of hydrogen-bond acceptors (Lipinski definition) is 5. The maximum absolute atomic E-state index is 13.7. The summed E-state index contributed by atoms with van der Waals surface area (Å²) in [5.74, 6) is 1.35. The normalized spacial score (nSPS) is 14.3. The number of nitrogens with one attached hydrogen (secondary N) is 2. The second-order valence-electron chi connectivity index (χ2n) is 12.0. The monoisotopic (exact) mass is 588 g/mol. The van der Waals surface area contributed by atoms with Crippen molar-refractivity contribution in [3.63, 3.8) is 0 Å². The molecule has 1 saturated carbocycles. The fraction of sp³-hybridized carbons (Fsp3) is 0.514. The molecule has 2 N–H and O–H groups in total. The van der Waals surface area contributed by atoms with E-state index in [2.05, 4.69) is 31.4 Å². The molecule has 1 aliphatic carbocycles. The van der Waals surface area contributed by atoms with E-state index >= 15 is 0 Å². The maximum Gasteiger partial charge on any atom is 0.272 e. The molecule has 1 atom stereocenters. The van der Waals surface area contributed by atoms with Crippen LogP contribution in [0.4, 0.5) is 0 Å². The Kier molecular flexibility index (Phi) is 12.1. The number of amides is 2. The Labute approximate surface area is 256 Å². The van der Waals surface area contributed by atoms with Gasteiger partial charge in [-0.1, -0.05) is 82.9 Å². The average Bonchev–Trinajstić information content (AvgIpc) is 3.46. The van der Waals surface area contributed by atoms with Crippen LogP contribution >= 0.6 is 0 Å². The number of ether oxygens (including phenoxy) is 2. The Morgan fingerprint density at radius 1 is 1.02 bits per heavy atom. The first-order valence-electron chi connectivity index (χ1n) is 15.9. The molecule has 0 bridgehead atoms. The molecular weight excluding hydrogens is 540 g/mol. The Morgan fingerprint density at radius 2 is 1.77 bits per heavy atom. The van der Waals surface area contributed by atoms with E-state index in [1.807, 2.05) is 59.3 Å². The molecule has 2 amide bonds. The summed E-state index contributed by atoms with van der Waals surface area (Å²) in [4.78, 5) is 26.4. The lowest BCUT2D eigenvalue weighted by molar-refractivity contribution is -0.121. The minimum Gasteiger partial charge on any atom is -0.496 e. The zero-order valence-corrected chi connectivity index (χ0v) is 26.2. The summed E-state index contributed by atoms with van der Waals surface area (Å²) in [6.07, 6.45) is 8.35. The van der Waals surface area contributed by atoms with E-state index in [4.69, 9.17) is 14.6 Å². The van der Waals surface area contributed by atoms with Gasteiger partial charge in [0.25, 0.3) is 5.91 Å². The van der Waals surface area contributed by atoms with Crippen LogP contribution in [0.25, 0.3) is 11.3 Å². The fourth-order valence-corrected chi connectivity index (χ4v) is 5.81. The number of rotatable bonds is 15. The van der Waals surface area contributed by atoms with Crippen LogP contribution in [-0.2, 0) is 11.4 Å². The highest BCUT2D eigenvalue weighted by Crippen LogP contribution is 2.42. The van der Waals surface area contributed by atoms with Crippen molar-refractivity contribution in [1.29, 1.82) is 0 Å². The SMILES string of the molecule is CCCCNC(=O)CC(CC(C)C)NC(=O)c1cc(-c2c(OC)cccc2OCc2ccccc2)n(C2CCCCC2)n1. The number of unbranched alkanes of at least 4 members (excludes halogenated alkanes) is 1. The van der Waals surface area contributed by atoms with Gasteiger partial charge in [-0.3, -0.25) is 14.3 Å². The predicted octanol–water partition coefficient (Wildman–Crippen LogP) is 7.09. The van der Waals surface area contributed by atoms with Crippen molar-refractivity contribution in [1.82, 2.24) is 20.4 Å². The Hall–Kier alpha value is -3.81. The molecule has 8 heteroatoms. The summed E-state index contributed by atoms with van der Waals surface area (Å²) in [5, 5.41) is 11.0. The number of methoxy groups -OCH3 is 1. The van der Waals surface area contributed by atoms with E-state index in [1.165, 1.54) is 6.42 Å². The summed E-state index contributed by atoms with van der Waals surface area (Å²) >= 11 is 0. The Balaban J connectivity index is 1.65. The molecule has 43 heavy (non-hydrogen) atoms. The molecule has 1 fully saturated rings. The zero-order valence-electron chi connectivity index (χ0n) is 26.2. The second kappa shape index (κ2) is 16.1. The van der Waals surface area contributed by atoms with Crippen molar-refractivity contribution in [2.24, 2.45) is 5.92 Å². The fourth-order valence-electron chi connectivity index (χ4n) is 5.81. The van der Waals surface area contributed by atoms with E-state index < -0.39 is 0 Å². The van der Waals surface area contributed by atoms with Crippen LogP contribution in [0.1, 0.15) is 101 Å². The highest BCUT2D eigenvalue weighted by Gasteiger charge is 2.28. The summed E-state index contributed by atoms with van der Waals surface area (Å²) in [6.45, 7) is 7.35. The van der Waals surface area contributed by atoms with Gasteiger partial charge >= 0.3 is 0 Å². The van der Waals surface area contributed by atoms with Crippen molar-refractivity contribution >= 4 is 11.8 Å². The summed E-state index contributed by atoms with van der Waals surface area (Å²) in [7, 11) is 1.65. The van der Waals surface area contributed by atoms with Gasteiger partial charge in [-0.25, -0.2) is 0 Å². The molecule has 0 saturated heterocycles. The number of benzene rings is 2. The van der Waals surface area contributed by atoms with Gasteiger partial charge in [0.2, 0.25) is 5.91 Å². The molecule has 232 valence electrons. The van der Waals surface area contributed by atoms with Gasteiger partial charge < -0.3 is 20.1 Å². The number of aromatic nitrogens is 2. The lowest BCUT2D eigenvalue weighted by atomic mass is 9.95. The first-order valence-corrected chi connectivity index (χ1v) is 15.9. The second-order valence-corrected chi connectivity index (χ2v) is 12.0. The molecular formula is C35H48N4O4. The Bertz CT molecular complexity index is 1310. The van der Waals surface area contributed by atoms with Gasteiger partial charge in [0, 0.05) is 19.0 Å². The first-order chi connectivity index (χ1) is 20.9. The minimum absolute atomic E-state index is 0.0398. The summed E-state index contributed by atoms with van der Waals surface area (Å²) in [5.41, 5.74) is 2.98. The molecule has 4 rings (SSSR count). The number of carbonyl (C=O) groups is 2. The van der Waals surface area contributed by atoms with Crippen LogP contribution in [0.2, 0.25) is 0 Å². The first kappa shape index (κ1) is 32.1. The molecule has 0 spiro atoms. The number of carbonyl (C=O) groups excluding carboxylic acids is 2. The van der Waals surface area contributed by atoms with Crippen molar-refractivity contribution in [2.75, 3.05) is 13.7 Å². The lowest BCUT2D eigenvalue weighted by Gasteiger charge is -2.25. The largest absolute Gasteiger partial charge is 0.496 e. The van der Waals surface area contributed by atoms with E-state index in [0.29, 0.717) is 42.7 Å². The quantitative estimate of drug-likeness (QED) is 0.185. The molecule has 0 radical (unpaired) electrons. The van der Waals surface area contributed by atoms with Crippen molar-refractivity contribution < 1.29 is 19.1 Å². The van der Waals surface area contributed by atoms with Crippen LogP contribution in [0, 0.1) is 5.92 Å². The smallest absolute Gasteiger partial charge is 0.272 e. The van der Waals surface area contributed by atoms with Gasteiger partial charge in [-0.15, -0.1) is 0 Å². The molecule has 1 aromatic heterocycles. The highest BCUT2D eigenvalue weighted by molar-refractivity contribution is 5.94. The molecule has 3 aromatic rings. The van der Waals surface area contributed by atoms with E-state index in [-0.39, 0.29) is 30.3 Å². The average molecular weight is 589 g/mol. The Morgan fingerprint density at radius 3 is 2.47 bits per heavy atom. The van der Waals surface area contributed by atoms with Gasteiger partial charge in [0.15, 0.2) is 5.69 Å². The van der Waals surface area contributed by atoms with Gasteiger partial charge in [-0.2, -0.15) is 5.10 Å². The van der Waals surface area contributed by atoms with E-state index in [1.54, 1.807) is 7.11 Å². The van der Waals surface area contributed by atoms with Gasteiger partial charge in [0.1, 0.15) is 18.1 Å². The zero-order chi connectivity index (χ0) is 30.6. The molecule has 2 aromatic carbocycles. The molecule has 1 heterocycles.